The van der Waals surface area contributed by atoms with E-state index in [4.69, 9.17) is 5.11 Å². The smallest absolute Gasteiger partial charge is 0.416 e. The maximum atomic E-state index is 12.8. The average Bonchev–Trinajstić information content (AvgIpc) is 3.23. The van der Waals surface area contributed by atoms with E-state index in [0.717, 1.165) is 23.5 Å². The minimum absolute atomic E-state index is 0.0702. The van der Waals surface area contributed by atoms with E-state index < -0.39 is 23.8 Å². The first-order chi connectivity index (χ1) is 12.3. The second-order valence-electron chi connectivity index (χ2n) is 5.98. The van der Waals surface area contributed by atoms with Crippen LogP contribution in [0.25, 0.3) is 10.6 Å². The van der Waals surface area contributed by atoms with Gasteiger partial charge in [0.25, 0.3) is 0 Å². The Balaban J connectivity index is 1.74. The van der Waals surface area contributed by atoms with Gasteiger partial charge in [0.15, 0.2) is 0 Å². The van der Waals surface area contributed by atoms with Crippen molar-refractivity contribution in [2.45, 2.75) is 31.5 Å². The number of benzene rings is 1. The van der Waals surface area contributed by atoms with Crippen LogP contribution in [0.15, 0.2) is 29.6 Å². The third-order valence-corrected chi connectivity index (χ3v) is 5.12. The summed E-state index contributed by atoms with van der Waals surface area (Å²) in [5.41, 5.74) is -0.0132. The number of carboxylic acid groups (broad SMARTS) is 1. The maximum absolute atomic E-state index is 12.8. The number of thiazole rings is 1. The van der Waals surface area contributed by atoms with Gasteiger partial charge in [-0.15, -0.1) is 11.3 Å². The molecule has 9 heteroatoms. The molecule has 0 radical (unpaired) electrons. The molecule has 2 heterocycles. The summed E-state index contributed by atoms with van der Waals surface area (Å²) in [6.45, 7) is 0.389. The van der Waals surface area contributed by atoms with Crippen molar-refractivity contribution in [3.05, 3.63) is 40.9 Å². The molecule has 5 nitrogen and oxygen atoms in total. The monoisotopic (exact) mass is 384 g/mol. The lowest BCUT2D eigenvalue weighted by molar-refractivity contribution is -0.148. The number of amides is 1. The fourth-order valence-corrected chi connectivity index (χ4v) is 3.74. The van der Waals surface area contributed by atoms with Crippen LogP contribution in [0.4, 0.5) is 13.2 Å². The van der Waals surface area contributed by atoms with Gasteiger partial charge in [-0.3, -0.25) is 4.79 Å². The largest absolute Gasteiger partial charge is 0.480 e. The summed E-state index contributed by atoms with van der Waals surface area (Å²) in [6, 6.07) is 4.03. The van der Waals surface area contributed by atoms with Gasteiger partial charge in [0.2, 0.25) is 5.91 Å². The second kappa shape index (κ2) is 7.06. The van der Waals surface area contributed by atoms with E-state index in [1.165, 1.54) is 17.0 Å². The van der Waals surface area contributed by atoms with E-state index in [1.54, 1.807) is 5.38 Å². The Morgan fingerprint density at radius 3 is 2.81 bits per heavy atom. The molecule has 0 spiro atoms. The van der Waals surface area contributed by atoms with Gasteiger partial charge in [-0.05, 0) is 25.0 Å². The average molecular weight is 384 g/mol. The molecule has 26 heavy (non-hydrogen) atoms. The summed E-state index contributed by atoms with van der Waals surface area (Å²) in [5.74, 6) is -1.37. The highest BCUT2D eigenvalue weighted by Crippen LogP contribution is 2.33. The van der Waals surface area contributed by atoms with Crippen molar-refractivity contribution in [2.75, 3.05) is 6.54 Å². The predicted octanol–water partition coefficient (Wildman–Crippen LogP) is 3.45. The van der Waals surface area contributed by atoms with Crippen molar-refractivity contribution in [1.82, 2.24) is 9.88 Å². The number of nitrogens with zero attached hydrogens (tertiary/aromatic N) is 2. The van der Waals surface area contributed by atoms with Crippen molar-refractivity contribution >= 4 is 23.2 Å². The maximum Gasteiger partial charge on any atom is 0.416 e. The second-order valence-corrected chi connectivity index (χ2v) is 6.84. The van der Waals surface area contributed by atoms with E-state index in [-0.39, 0.29) is 12.3 Å². The topological polar surface area (TPSA) is 70.5 Å². The zero-order valence-electron chi connectivity index (χ0n) is 13.5. The molecule has 0 bridgehead atoms. The van der Waals surface area contributed by atoms with Crippen LogP contribution in [0.5, 0.6) is 0 Å². The van der Waals surface area contributed by atoms with Gasteiger partial charge in [-0.1, -0.05) is 12.1 Å². The van der Waals surface area contributed by atoms with Gasteiger partial charge < -0.3 is 10.0 Å². The number of likely N-dealkylation sites (tertiary alicyclic amines) is 1. The lowest BCUT2D eigenvalue weighted by Gasteiger charge is -2.20. The fraction of sp³-hybridized carbons (Fsp3) is 0.353. The Hall–Kier alpha value is -2.42. The third kappa shape index (κ3) is 3.87. The number of alkyl halides is 3. The van der Waals surface area contributed by atoms with Gasteiger partial charge >= 0.3 is 12.1 Å². The quantitative estimate of drug-likeness (QED) is 0.877. The lowest BCUT2D eigenvalue weighted by Crippen LogP contribution is -2.41. The minimum atomic E-state index is -4.44. The van der Waals surface area contributed by atoms with Crippen LogP contribution in [-0.4, -0.2) is 39.5 Å². The van der Waals surface area contributed by atoms with Crippen LogP contribution in [-0.2, 0) is 22.2 Å². The number of hydrogen-bond acceptors (Lipinski definition) is 4. The number of rotatable bonds is 4. The van der Waals surface area contributed by atoms with Gasteiger partial charge in [0.1, 0.15) is 11.0 Å². The molecule has 2 aromatic rings. The van der Waals surface area contributed by atoms with Gasteiger partial charge in [0, 0.05) is 17.5 Å². The molecule has 0 unspecified atom stereocenters. The molecule has 1 fully saturated rings. The summed E-state index contributed by atoms with van der Waals surface area (Å²) in [5, 5.41) is 11.1. The Morgan fingerprint density at radius 1 is 1.35 bits per heavy atom. The van der Waals surface area contributed by atoms with Crippen LogP contribution in [0.2, 0.25) is 0 Å². The molecule has 1 aliphatic rings. The molecule has 0 aliphatic carbocycles. The highest BCUT2D eigenvalue weighted by Gasteiger charge is 2.34. The van der Waals surface area contributed by atoms with Crippen LogP contribution in [0, 0.1) is 0 Å². The van der Waals surface area contributed by atoms with E-state index in [9.17, 15) is 22.8 Å². The first-order valence-corrected chi connectivity index (χ1v) is 8.78. The molecule has 1 aliphatic heterocycles. The Bertz CT molecular complexity index is 835. The normalized spacial score (nSPS) is 17.5. The van der Waals surface area contributed by atoms with Gasteiger partial charge in [-0.2, -0.15) is 13.2 Å². The number of hydrogen-bond donors (Lipinski definition) is 1. The van der Waals surface area contributed by atoms with E-state index in [2.05, 4.69) is 4.98 Å². The van der Waals surface area contributed by atoms with Crippen molar-refractivity contribution in [3.8, 4) is 10.6 Å². The summed E-state index contributed by atoms with van der Waals surface area (Å²) < 4.78 is 38.5. The predicted molar refractivity (Wildman–Crippen MR) is 88.6 cm³/mol. The minimum Gasteiger partial charge on any atom is -0.480 e. The first-order valence-electron chi connectivity index (χ1n) is 7.90. The van der Waals surface area contributed by atoms with Crippen LogP contribution in [0.3, 0.4) is 0 Å². The molecule has 1 amide bonds. The summed E-state index contributed by atoms with van der Waals surface area (Å²) >= 11 is 1.15. The lowest BCUT2D eigenvalue weighted by atomic mass is 10.1. The molecule has 1 atom stereocenters. The molecule has 1 aromatic carbocycles. The van der Waals surface area contributed by atoms with Gasteiger partial charge in [0.05, 0.1) is 17.7 Å². The Labute approximate surface area is 151 Å². The van der Waals surface area contributed by atoms with Crippen molar-refractivity contribution in [3.63, 3.8) is 0 Å². The number of carbonyl (C=O) groups excluding carboxylic acids is 1. The molecule has 1 N–H and O–H groups in total. The Kier molecular flexibility index (Phi) is 4.99. The van der Waals surface area contributed by atoms with Crippen molar-refractivity contribution in [2.24, 2.45) is 0 Å². The number of halogens is 3. The number of carboxylic acids is 1. The van der Waals surface area contributed by atoms with E-state index >= 15 is 0 Å². The fourth-order valence-electron chi connectivity index (χ4n) is 2.93. The number of aromatic nitrogens is 1. The van der Waals surface area contributed by atoms with Crippen LogP contribution in [0.1, 0.15) is 24.1 Å². The molecule has 1 saturated heterocycles. The van der Waals surface area contributed by atoms with E-state index in [0.29, 0.717) is 35.7 Å². The zero-order valence-corrected chi connectivity index (χ0v) is 14.3. The molecule has 0 saturated carbocycles. The van der Waals surface area contributed by atoms with Crippen molar-refractivity contribution < 1.29 is 27.9 Å². The van der Waals surface area contributed by atoms with Crippen molar-refractivity contribution in [1.29, 1.82) is 0 Å². The number of carbonyl (C=O) groups is 2. The summed E-state index contributed by atoms with van der Waals surface area (Å²) in [4.78, 5) is 29.1. The SMILES string of the molecule is O=C(O)[C@H]1CCCN1C(=O)Cc1csc(-c2cccc(C(F)(F)F)c2)n1. The van der Waals surface area contributed by atoms with Crippen LogP contribution < -0.4 is 0 Å². The standard InChI is InChI=1S/C17H15F3N2O3S/c18-17(19,20)11-4-1-3-10(7-11)15-21-12(9-26-15)8-14(23)22-6-2-5-13(22)16(24)25/h1,3-4,7,9,13H,2,5-6,8H2,(H,24,25)/t13-/m1/s1. The van der Waals surface area contributed by atoms with Gasteiger partial charge in [-0.25, -0.2) is 9.78 Å². The molecule has 3 rings (SSSR count). The summed E-state index contributed by atoms with van der Waals surface area (Å²) in [6.07, 6.45) is -3.45. The highest BCUT2D eigenvalue weighted by molar-refractivity contribution is 7.13. The number of aliphatic carboxylic acids is 1. The van der Waals surface area contributed by atoms with Crippen LogP contribution >= 0.6 is 11.3 Å². The zero-order chi connectivity index (χ0) is 18.9. The summed E-state index contributed by atoms with van der Waals surface area (Å²) in [7, 11) is 0. The Morgan fingerprint density at radius 2 is 2.12 bits per heavy atom. The highest BCUT2D eigenvalue weighted by atomic mass is 32.1. The van der Waals surface area contributed by atoms with E-state index in [1.807, 2.05) is 0 Å². The third-order valence-electron chi connectivity index (χ3n) is 4.18. The first kappa shape index (κ1) is 18.4. The molecule has 138 valence electrons. The molecular weight excluding hydrogens is 369 g/mol. The molecular formula is C17H15F3N2O3S. The molecule has 1 aromatic heterocycles.